The van der Waals surface area contributed by atoms with Gasteiger partial charge in [-0.25, -0.2) is 9.79 Å². The Morgan fingerprint density at radius 2 is 1.93 bits per heavy atom. The number of carbonyl (C=O) groups is 1. The number of guanidine groups is 1. The van der Waals surface area contributed by atoms with Crippen molar-refractivity contribution in [2.45, 2.75) is 46.7 Å². The van der Waals surface area contributed by atoms with Crippen LogP contribution in [0.15, 0.2) is 27.7 Å². The van der Waals surface area contributed by atoms with Crippen LogP contribution in [0.1, 0.15) is 53.7 Å². The zero-order valence-corrected chi connectivity index (χ0v) is 20.5. The van der Waals surface area contributed by atoms with E-state index in [1.54, 1.807) is 12.1 Å². The third-order valence-corrected chi connectivity index (χ3v) is 4.47. The van der Waals surface area contributed by atoms with Crippen molar-refractivity contribution in [3.05, 3.63) is 46.3 Å². The lowest BCUT2D eigenvalue weighted by atomic mass is 10.1. The number of hydrogen-bond donors (Lipinski definition) is 2. The molecule has 0 saturated heterocycles. The number of rotatable bonds is 9. The van der Waals surface area contributed by atoms with Gasteiger partial charge in [0.25, 0.3) is 0 Å². The Labute approximate surface area is 194 Å². The molecule has 0 atom stereocenters. The first-order valence-electron chi connectivity index (χ1n) is 9.81. The largest absolute Gasteiger partial charge is 0.496 e. The van der Waals surface area contributed by atoms with Crippen molar-refractivity contribution in [1.29, 1.82) is 0 Å². The van der Waals surface area contributed by atoms with E-state index in [0.717, 1.165) is 42.0 Å². The second-order valence-corrected chi connectivity index (χ2v) is 6.31. The molecule has 0 fully saturated rings. The molecule has 1 aromatic carbocycles. The van der Waals surface area contributed by atoms with Crippen LogP contribution in [0.3, 0.4) is 0 Å². The molecule has 0 unspecified atom stereocenters. The number of nitrogens with one attached hydrogen (secondary N) is 2. The standard InChI is InChI=1S/C21H30N4O4.HI/c1-6-17-16(18(7-2)29-25-17)13-24-21(22-8-3)23-12-14-9-10-19(27-4)15(11-14)20(26)28-5;/h9-11H,6-8,12-13H2,1-5H3,(H2,22,23,24);1H. The number of aliphatic imine (C=N–C) groups is 1. The molecular formula is C21H31IN4O4. The number of nitrogens with zero attached hydrogens (tertiary/aromatic N) is 2. The molecule has 0 bridgehead atoms. The molecule has 2 aromatic rings. The summed E-state index contributed by atoms with van der Waals surface area (Å²) < 4.78 is 15.5. The number of carbonyl (C=O) groups excluding carboxylic acids is 1. The molecule has 0 aliphatic rings. The molecule has 0 spiro atoms. The maximum atomic E-state index is 12.0. The van der Waals surface area contributed by atoms with Gasteiger partial charge in [-0.3, -0.25) is 0 Å². The van der Waals surface area contributed by atoms with E-state index in [-0.39, 0.29) is 24.0 Å². The van der Waals surface area contributed by atoms with E-state index >= 15 is 0 Å². The van der Waals surface area contributed by atoms with Gasteiger partial charge < -0.3 is 24.6 Å². The first-order valence-corrected chi connectivity index (χ1v) is 9.81. The number of halogens is 1. The van der Waals surface area contributed by atoms with Gasteiger partial charge in [0.15, 0.2) is 5.96 Å². The van der Waals surface area contributed by atoms with E-state index in [9.17, 15) is 4.79 Å². The van der Waals surface area contributed by atoms with Gasteiger partial charge in [0.1, 0.15) is 17.1 Å². The molecule has 0 saturated carbocycles. The summed E-state index contributed by atoms with van der Waals surface area (Å²) in [6.45, 7) is 7.82. The normalized spacial score (nSPS) is 10.9. The molecule has 2 rings (SSSR count). The van der Waals surface area contributed by atoms with Crippen LogP contribution >= 0.6 is 24.0 Å². The predicted octanol–water partition coefficient (Wildman–Crippen LogP) is 3.47. The Hall–Kier alpha value is -2.30. The van der Waals surface area contributed by atoms with Crippen molar-refractivity contribution >= 4 is 35.9 Å². The van der Waals surface area contributed by atoms with Gasteiger partial charge in [-0.15, -0.1) is 24.0 Å². The van der Waals surface area contributed by atoms with E-state index < -0.39 is 5.97 Å². The quantitative estimate of drug-likeness (QED) is 0.222. The smallest absolute Gasteiger partial charge is 0.341 e. The summed E-state index contributed by atoms with van der Waals surface area (Å²) in [6.07, 6.45) is 1.61. The zero-order chi connectivity index (χ0) is 21.2. The van der Waals surface area contributed by atoms with E-state index in [1.807, 2.05) is 19.9 Å². The van der Waals surface area contributed by atoms with Crippen molar-refractivity contribution in [2.24, 2.45) is 4.99 Å². The van der Waals surface area contributed by atoms with Gasteiger partial charge >= 0.3 is 5.97 Å². The number of aromatic nitrogens is 1. The number of methoxy groups -OCH3 is 2. The minimum absolute atomic E-state index is 0. The average molecular weight is 530 g/mol. The predicted molar refractivity (Wildman–Crippen MR) is 127 cm³/mol. The van der Waals surface area contributed by atoms with Crippen LogP contribution in [-0.2, 0) is 30.7 Å². The SMILES string of the molecule is CCNC(=NCc1ccc(OC)c(C(=O)OC)c1)NCc1c(CC)noc1CC.I. The van der Waals surface area contributed by atoms with Crippen molar-refractivity contribution in [1.82, 2.24) is 15.8 Å². The molecule has 1 heterocycles. The molecule has 30 heavy (non-hydrogen) atoms. The maximum Gasteiger partial charge on any atom is 0.341 e. The molecule has 1 aromatic heterocycles. The fraction of sp³-hybridized carbons (Fsp3) is 0.476. The molecule has 0 aliphatic carbocycles. The van der Waals surface area contributed by atoms with Crippen LogP contribution in [0, 0.1) is 0 Å². The van der Waals surface area contributed by atoms with Gasteiger partial charge in [-0.05, 0) is 31.0 Å². The molecule has 8 nitrogen and oxygen atoms in total. The maximum absolute atomic E-state index is 12.0. The minimum Gasteiger partial charge on any atom is -0.496 e. The fourth-order valence-electron chi connectivity index (χ4n) is 2.94. The van der Waals surface area contributed by atoms with E-state index in [2.05, 4.69) is 27.7 Å². The van der Waals surface area contributed by atoms with Crippen LogP contribution < -0.4 is 15.4 Å². The molecule has 9 heteroatoms. The monoisotopic (exact) mass is 530 g/mol. The second kappa shape index (κ2) is 13.1. The summed E-state index contributed by atoms with van der Waals surface area (Å²) in [6, 6.07) is 5.36. The minimum atomic E-state index is -0.440. The number of aryl methyl sites for hydroxylation is 2. The Morgan fingerprint density at radius 3 is 2.53 bits per heavy atom. The first kappa shape index (κ1) is 25.7. The van der Waals surface area contributed by atoms with Crippen LogP contribution in [0.5, 0.6) is 5.75 Å². The van der Waals surface area contributed by atoms with E-state index in [0.29, 0.717) is 30.4 Å². The molecule has 0 amide bonds. The molecule has 0 aliphatic heterocycles. The number of ether oxygens (including phenoxy) is 2. The lowest BCUT2D eigenvalue weighted by Crippen LogP contribution is -2.37. The zero-order valence-electron chi connectivity index (χ0n) is 18.2. The summed E-state index contributed by atoms with van der Waals surface area (Å²) >= 11 is 0. The number of hydrogen-bond acceptors (Lipinski definition) is 6. The highest BCUT2D eigenvalue weighted by Gasteiger charge is 2.15. The summed E-state index contributed by atoms with van der Waals surface area (Å²) in [5.41, 5.74) is 3.29. The Balaban J connectivity index is 0.00000450. The van der Waals surface area contributed by atoms with Crippen molar-refractivity contribution in [3.63, 3.8) is 0 Å². The third-order valence-electron chi connectivity index (χ3n) is 4.47. The van der Waals surface area contributed by atoms with Crippen LogP contribution in [0.4, 0.5) is 0 Å². The van der Waals surface area contributed by atoms with Gasteiger partial charge in [-0.1, -0.05) is 25.1 Å². The highest BCUT2D eigenvalue weighted by Crippen LogP contribution is 2.21. The Bertz CT molecular complexity index is 830. The van der Waals surface area contributed by atoms with Gasteiger partial charge in [0.05, 0.1) is 26.5 Å². The number of esters is 1. The summed E-state index contributed by atoms with van der Waals surface area (Å²) in [7, 11) is 2.87. The van der Waals surface area contributed by atoms with Crippen molar-refractivity contribution in [2.75, 3.05) is 20.8 Å². The van der Waals surface area contributed by atoms with E-state index in [4.69, 9.17) is 14.0 Å². The van der Waals surface area contributed by atoms with Gasteiger partial charge in [0, 0.05) is 25.1 Å². The van der Waals surface area contributed by atoms with Gasteiger partial charge in [-0.2, -0.15) is 0 Å². The highest BCUT2D eigenvalue weighted by atomic mass is 127. The highest BCUT2D eigenvalue weighted by molar-refractivity contribution is 14.0. The van der Waals surface area contributed by atoms with Crippen molar-refractivity contribution in [3.8, 4) is 5.75 Å². The molecule has 2 N–H and O–H groups in total. The van der Waals surface area contributed by atoms with E-state index in [1.165, 1.54) is 14.2 Å². The molecular weight excluding hydrogens is 499 g/mol. The Kier molecular flexibility index (Phi) is 11.2. The average Bonchev–Trinajstić information content (AvgIpc) is 3.16. The molecule has 166 valence electrons. The number of benzene rings is 1. The Morgan fingerprint density at radius 1 is 1.17 bits per heavy atom. The van der Waals surface area contributed by atoms with Crippen LogP contribution in [0.2, 0.25) is 0 Å². The van der Waals surface area contributed by atoms with Crippen molar-refractivity contribution < 1.29 is 18.8 Å². The van der Waals surface area contributed by atoms with Gasteiger partial charge in [0.2, 0.25) is 0 Å². The first-order chi connectivity index (χ1) is 14.1. The molecule has 0 radical (unpaired) electrons. The topological polar surface area (TPSA) is 98.0 Å². The fourth-order valence-corrected chi connectivity index (χ4v) is 2.94. The van der Waals surface area contributed by atoms with Crippen LogP contribution in [-0.4, -0.2) is 37.8 Å². The summed E-state index contributed by atoms with van der Waals surface area (Å²) in [5.74, 6) is 1.60. The lowest BCUT2D eigenvalue weighted by Gasteiger charge is -2.12. The summed E-state index contributed by atoms with van der Waals surface area (Å²) in [5, 5.41) is 10.7. The third kappa shape index (κ3) is 6.61. The lowest BCUT2D eigenvalue weighted by molar-refractivity contribution is 0.0597. The second-order valence-electron chi connectivity index (χ2n) is 6.31. The summed E-state index contributed by atoms with van der Waals surface area (Å²) in [4.78, 5) is 16.6. The van der Waals surface area contributed by atoms with Crippen LogP contribution in [0.25, 0.3) is 0 Å².